The number of morpholine rings is 1. The number of carbonyl (C=O) groups is 1. The molecular formula is C21H26N2O3. The Balaban J connectivity index is 1.40. The van der Waals surface area contributed by atoms with Crippen molar-refractivity contribution in [2.75, 3.05) is 39.5 Å². The van der Waals surface area contributed by atoms with Crippen molar-refractivity contribution in [2.24, 2.45) is 0 Å². The Bertz CT molecular complexity index is 685. The zero-order valence-electron chi connectivity index (χ0n) is 15.0. The maximum Gasteiger partial charge on any atom is 0.251 e. The number of hydrogen-bond acceptors (Lipinski definition) is 4. The number of amides is 1. The van der Waals surface area contributed by atoms with E-state index in [1.807, 2.05) is 48.5 Å². The van der Waals surface area contributed by atoms with Gasteiger partial charge in [0.25, 0.3) is 5.91 Å². The van der Waals surface area contributed by atoms with Gasteiger partial charge in [-0.15, -0.1) is 0 Å². The number of rotatable bonds is 8. The van der Waals surface area contributed by atoms with Crippen LogP contribution < -0.4 is 5.32 Å². The fraction of sp³-hybridized carbons (Fsp3) is 0.381. The van der Waals surface area contributed by atoms with Crippen molar-refractivity contribution in [3.63, 3.8) is 0 Å². The number of carbonyl (C=O) groups excluding carboxylic acids is 1. The second-order valence-electron chi connectivity index (χ2n) is 6.38. The van der Waals surface area contributed by atoms with Gasteiger partial charge in [-0.05, 0) is 23.3 Å². The van der Waals surface area contributed by atoms with Gasteiger partial charge in [-0.3, -0.25) is 9.69 Å². The summed E-state index contributed by atoms with van der Waals surface area (Å²) >= 11 is 0. The van der Waals surface area contributed by atoms with E-state index in [0.29, 0.717) is 25.3 Å². The standard InChI is InChI=1S/C21H26N2O3/c24-21(22-9-12-26-17-18-5-2-1-3-6-18)20-8-4-7-19(15-20)16-23-10-13-25-14-11-23/h1-8,15H,9-14,16-17H2,(H,22,24). The highest BCUT2D eigenvalue weighted by molar-refractivity contribution is 5.94. The molecule has 1 saturated heterocycles. The van der Waals surface area contributed by atoms with E-state index in [-0.39, 0.29) is 5.91 Å². The molecule has 1 heterocycles. The lowest BCUT2D eigenvalue weighted by molar-refractivity contribution is 0.0342. The van der Waals surface area contributed by atoms with Gasteiger partial charge in [0.05, 0.1) is 26.4 Å². The van der Waals surface area contributed by atoms with Gasteiger partial charge in [-0.25, -0.2) is 0 Å². The molecule has 0 aromatic heterocycles. The molecule has 0 radical (unpaired) electrons. The van der Waals surface area contributed by atoms with Gasteiger partial charge < -0.3 is 14.8 Å². The molecular weight excluding hydrogens is 328 g/mol. The minimum atomic E-state index is -0.0582. The van der Waals surface area contributed by atoms with Crippen molar-refractivity contribution < 1.29 is 14.3 Å². The predicted molar refractivity (Wildman–Crippen MR) is 101 cm³/mol. The summed E-state index contributed by atoms with van der Waals surface area (Å²) < 4.78 is 11.0. The molecule has 0 atom stereocenters. The Kier molecular flexibility index (Phi) is 7.19. The number of ether oxygens (including phenoxy) is 2. The van der Waals surface area contributed by atoms with Gasteiger partial charge >= 0.3 is 0 Å². The Morgan fingerprint density at radius 3 is 2.62 bits per heavy atom. The molecule has 3 rings (SSSR count). The minimum absolute atomic E-state index is 0.0582. The van der Waals surface area contributed by atoms with Crippen molar-refractivity contribution >= 4 is 5.91 Å². The third kappa shape index (κ3) is 5.95. The summed E-state index contributed by atoms with van der Waals surface area (Å²) in [5.74, 6) is -0.0582. The smallest absolute Gasteiger partial charge is 0.251 e. The molecule has 1 aliphatic rings. The Morgan fingerprint density at radius 2 is 1.81 bits per heavy atom. The molecule has 138 valence electrons. The molecule has 2 aromatic carbocycles. The number of nitrogens with one attached hydrogen (secondary N) is 1. The van der Waals surface area contributed by atoms with Crippen molar-refractivity contribution in [1.82, 2.24) is 10.2 Å². The van der Waals surface area contributed by atoms with Crippen LogP contribution in [0.3, 0.4) is 0 Å². The van der Waals surface area contributed by atoms with E-state index < -0.39 is 0 Å². The molecule has 1 fully saturated rings. The molecule has 1 aliphatic heterocycles. The monoisotopic (exact) mass is 354 g/mol. The summed E-state index contributed by atoms with van der Waals surface area (Å²) in [6.07, 6.45) is 0. The zero-order valence-corrected chi connectivity index (χ0v) is 15.0. The molecule has 0 aliphatic carbocycles. The Morgan fingerprint density at radius 1 is 1.04 bits per heavy atom. The zero-order chi connectivity index (χ0) is 18.0. The molecule has 0 unspecified atom stereocenters. The average molecular weight is 354 g/mol. The molecule has 26 heavy (non-hydrogen) atoms. The fourth-order valence-corrected chi connectivity index (χ4v) is 2.93. The van der Waals surface area contributed by atoms with Crippen molar-refractivity contribution in [1.29, 1.82) is 0 Å². The normalized spacial score (nSPS) is 14.9. The van der Waals surface area contributed by atoms with Gasteiger partial charge in [-0.1, -0.05) is 42.5 Å². The Hall–Kier alpha value is -2.21. The van der Waals surface area contributed by atoms with Crippen LogP contribution in [0.5, 0.6) is 0 Å². The van der Waals surface area contributed by atoms with Gasteiger partial charge in [0.1, 0.15) is 0 Å². The van der Waals surface area contributed by atoms with E-state index in [4.69, 9.17) is 9.47 Å². The van der Waals surface area contributed by atoms with E-state index in [2.05, 4.69) is 16.3 Å². The van der Waals surface area contributed by atoms with Gasteiger partial charge in [0.15, 0.2) is 0 Å². The molecule has 0 saturated carbocycles. The predicted octanol–water partition coefficient (Wildman–Crippen LogP) is 2.47. The maximum atomic E-state index is 12.3. The number of nitrogens with zero attached hydrogens (tertiary/aromatic N) is 1. The first-order valence-electron chi connectivity index (χ1n) is 9.10. The van der Waals surface area contributed by atoms with Gasteiger partial charge in [0.2, 0.25) is 0 Å². The van der Waals surface area contributed by atoms with E-state index >= 15 is 0 Å². The third-order valence-corrected chi connectivity index (χ3v) is 4.34. The van der Waals surface area contributed by atoms with Crippen LogP contribution in [0.25, 0.3) is 0 Å². The first-order valence-corrected chi connectivity index (χ1v) is 9.10. The van der Waals surface area contributed by atoms with Crippen molar-refractivity contribution in [2.45, 2.75) is 13.2 Å². The first-order chi connectivity index (χ1) is 12.8. The van der Waals surface area contributed by atoms with Crippen LogP contribution in [0.1, 0.15) is 21.5 Å². The molecule has 1 amide bonds. The SMILES string of the molecule is O=C(NCCOCc1ccccc1)c1cccc(CN2CCOCC2)c1. The minimum Gasteiger partial charge on any atom is -0.379 e. The summed E-state index contributed by atoms with van der Waals surface area (Å²) in [7, 11) is 0. The molecule has 2 aromatic rings. The van der Waals surface area contributed by atoms with E-state index in [1.54, 1.807) is 0 Å². The van der Waals surface area contributed by atoms with Crippen LogP contribution >= 0.6 is 0 Å². The molecule has 5 nitrogen and oxygen atoms in total. The highest BCUT2D eigenvalue weighted by atomic mass is 16.5. The van der Waals surface area contributed by atoms with Gasteiger partial charge in [0, 0.05) is 31.7 Å². The van der Waals surface area contributed by atoms with E-state index in [0.717, 1.165) is 44.0 Å². The highest BCUT2D eigenvalue weighted by Crippen LogP contribution is 2.10. The van der Waals surface area contributed by atoms with Crippen LogP contribution in [0.2, 0.25) is 0 Å². The van der Waals surface area contributed by atoms with E-state index in [9.17, 15) is 4.79 Å². The molecule has 1 N–H and O–H groups in total. The van der Waals surface area contributed by atoms with Crippen LogP contribution in [0.4, 0.5) is 0 Å². The summed E-state index contributed by atoms with van der Waals surface area (Å²) in [4.78, 5) is 14.7. The number of benzene rings is 2. The summed E-state index contributed by atoms with van der Waals surface area (Å²) in [6.45, 7) is 5.85. The number of hydrogen-bond donors (Lipinski definition) is 1. The van der Waals surface area contributed by atoms with Crippen LogP contribution in [-0.4, -0.2) is 50.3 Å². The lowest BCUT2D eigenvalue weighted by Gasteiger charge is -2.26. The Labute approximate surface area is 154 Å². The maximum absolute atomic E-state index is 12.3. The molecule has 0 spiro atoms. The summed E-state index contributed by atoms with van der Waals surface area (Å²) in [5, 5.41) is 2.92. The van der Waals surface area contributed by atoms with Crippen LogP contribution in [0, 0.1) is 0 Å². The second kappa shape index (κ2) is 10.1. The van der Waals surface area contributed by atoms with Gasteiger partial charge in [-0.2, -0.15) is 0 Å². The molecule has 0 bridgehead atoms. The summed E-state index contributed by atoms with van der Waals surface area (Å²) in [5.41, 5.74) is 2.98. The quantitative estimate of drug-likeness (QED) is 0.740. The third-order valence-electron chi connectivity index (χ3n) is 4.34. The molecule has 5 heteroatoms. The fourth-order valence-electron chi connectivity index (χ4n) is 2.93. The second-order valence-corrected chi connectivity index (χ2v) is 6.38. The summed E-state index contributed by atoms with van der Waals surface area (Å²) in [6, 6.07) is 17.8. The van der Waals surface area contributed by atoms with Crippen molar-refractivity contribution in [3.05, 3.63) is 71.3 Å². The largest absolute Gasteiger partial charge is 0.379 e. The topological polar surface area (TPSA) is 50.8 Å². The highest BCUT2D eigenvalue weighted by Gasteiger charge is 2.12. The van der Waals surface area contributed by atoms with Crippen LogP contribution in [0.15, 0.2) is 54.6 Å². The lowest BCUT2D eigenvalue weighted by Crippen LogP contribution is -2.35. The average Bonchev–Trinajstić information content (AvgIpc) is 2.69. The van der Waals surface area contributed by atoms with E-state index in [1.165, 1.54) is 0 Å². The first kappa shape index (κ1) is 18.6. The van der Waals surface area contributed by atoms with Crippen LogP contribution in [-0.2, 0) is 22.6 Å². The van der Waals surface area contributed by atoms with Crippen molar-refractivity contribution in [3.8, 4) is 0 Å². The lowest BCUT2D eigenvalue weighted by atomic mass is 10.1.